The van der Waals surface area contributed by atoms with E-state index in [4.69, 9.17) is 4.74 Å². The molecule has 3 heterocycles. The number of aromatic nitrogens is 3. The Labute approximate surface area is 208 Å². The second kappa shape index (κ2) is 9.65. The van der Waals surface area contributed by atoms with E-state index in [0.717, 1.165) is 60.9 Å². The second-order valence-electron chi connectivity index (χ2n) is 10.6. The summed E-state index contributed by atoms with van der Waals surface area (Å²) in [5.41, 5.74) is 5.55. The van der Waals surface area contributed by atoms with Gasteiger partial charge in [-0.25, -0.2) is 0 Å². The van der Waals surface area contributed by atoms with Crippen LogP contribution in [-0.4, -0.2) is 59.5 Å². The van der Waals surface area contributed by atoms with Gasteiger partial charge in [0.25, 0.3) is 0 Å². The summed E-state index contributed by atoms with van der Waals surface area (Å²) in [6.45, 7) is 9.03. The Balaban J connectivity index is 1.05. The van der Waals surface area contributed by atoms with Gasteiger partial charge in [-0.05, 0) is 79.8 Å². The molecule has 35 heavy (non-hydrogen) atoms. The third-order valence-electron chi connectivity index (χ3n) is 8.36. The van der Waals surface area contributed by atoms with Crippen molar-refractivity contribution in [3.8, 4) is 17.1 Å². The number of ether oxygens (including phenoxy) is 1. The van der Waals surface area contributed by atoms with Crippen LogP contribution in [0.15, 0.2) is 42.5 Å². The van der Waals surface area contributed by atoms with E-state index in [2.05, 4.69) is 55.8 Å². The van der Waals surface area contributed by atoms with Gasteiger partial charge in [-0.3, -0.25) is 0 Å². The summed E-state index contributed by atoms with van der Waals surface area (Å²) in [7, 11) is 1.71. The molecule has 6 nitrogen and oxygen atoms in total. The van der Waals surface area contributed by atoms with Crippen LogP contribution in [0.1, 0.15) is 48.6 Å². The fourth-order valence-corrected chi connectivity index (χ4v) is 6.32. The molecule has 0 atom stereocenters. The second-order valence-corrected chi connectivity index (χ2v) is 10.6. The van der Waals surface area contributed by atoms with Crippen molar-refractivity contribution in [3.63, 3.8) is 0 Å². The molecule has 0 radical (unpaired) electrons. The maximum atomic E-state index is 5.41. The van der Waals surface area contributed by atoms with Gasteiger partial charge in [0.15, 0.2) is 5.82 Å². The van der Waals surface area contributed by atoms with Gasteiger partial charge >= 0.3 is 0 Å². The van der Waals surface area contributed by atoms with Gasteiger partial charge in [-0.2, -0.15) is 0 Å². The van der Waals surface area contributed by atoms with E-state index in [1.54, 1.807) is 12.7 Å². The fourth-order valence-electron chi connectivity index (χ4n) is 6.32. The molecule has 0 amide bonds. The molecule has 1 saturated heterocycles. The third kappa shape index (κ3) is 4.56. The minimum Gasteiger partial charge on any atom is -0.497 e. The van der Waals surface area contributed by atoms with Gasteiger partial charge in [0, 0.05) is 56.9 Å². The number of hydrogen-bond acceptors (Lipinski definition) is 5. The molecule has 184 valence electrons. The summed E-state index contributed by atoms with van der Waals surface area (Å²) in [5, 5.41) is 9.05. The highest BCUT2D eigenvalue weighted by atomic mass is 16.5. The van der Waals surface area contributed by atoms with Crippen LogP contribution in [0.2, 0.25) is 0 Å². The van der Waals surface area contributed by atoms with Gasteiger partial charge in [0.2, 0.25) is 0 Å². The molecule has 2 aromatic carbocycles. The zero-order valence-corrected chi connectivity index (χ0v) is 21.1. The summed E-state index contributed by atoms with van der Waals surface area (Å²) in [5.74, 6) is 4.45. The molecule has 0 spiro atoms. The smallest absolute Gasteiger partial charge is 0.164 e. The number of rotatable bonds is 6. The Morgan fingerprint density at radius 3 is 2.60 bits per heavy atom. The van der Waals surface area contributed by atoms with Crippen LogP contribution >= 0.6 is 0 Å². The SMILES string of the molecule is COc1cccc(-c2nnc3n2CCN(CC2CC(c4ccc(N5CCCC5)cc4C)C2)CC3)c1. The molecule has 2 aliphatic heterocycles. The van der Waals surface area contributed by atoms with E-state index in [1.807, 2.05) is 18.2 Å². The first-order valence-electron chi connectivity index (χ1n) is 13.3. The van der Waals surface area contributed by atoms with Crippen molar-refractivity contribution < 1.29 is 4.74 Å². The lowest BCUT2D eigenvalue weighted by Gasteiger charge is -2.39. The Kier molecular flexibility index (Phi) is 6.23. The molecule has 0 N–H and O–H groups in total. The molecule has 3 aliphatic rings. The topological polar surface area (TPSA) is 46.4 Å². The largest absolute Gasteiger partial charge is 0.497 e. The standard InChI is InChI=1S/C29H37N5O/c1-21-16-25(33-11-3-4-12-33)8-9-27(21)24-17-22(18-24)20-32-13-10-28-30-31-29(34(28)15-14-32)23-6-5-7-26(19-23)35-2/h5-9,16,19,22,24H,3-4,10-15,17-18,20H2,1-2H3. The lowest BCUT2D eigenvalue weighted by molar-refractivity contribution is 0.160. The molecular weight excluding hydrogens is 434 g/mol. The van der Waals surface area contributed by atoms with Crippen molar-refractivity contribution in [3.05, 3.63) is 59.4 Å². The van der Waals surface area contributed by atoms with Crippen molar-refractivity contribution >= 4 is 5.69 Å². The number of methoxy groups -OCH3 is 1. The highest BCUT2D eigenvalue weighted by Gasteiger charge is 2.33. The van der Waals surface area contributed by atoms with Crippen LogP contribution < -0.4 is 9.64 Å². The Morgan fingerprint density at radius 2 is 1.80 bits per heavy atom. The lowest BCUT2D eigenvalue weighted by Crippen LogP contribution is -2.37. The summed E-state index contributed by atoms with van der Waals surface area (Å²) < 4.78 is 7.72. The van der Waals surface area contributed by atoms with Gasteiger partial charge in [-0.1, -0.05) is 18.2 Å². The molecule has 3 aromatic rings. The van der Waals surface area contributed by atoms with Crippen LogP contribution in [0.4, 0.5) is 5.69 Å². The third-order valence-corrected chi connectivity index (χ3v) is 8.36. The first-order valence-corrected chi connectivity index (χ1v) is 13.3. The molecule has 0 unspecified atom stereocenters. The van der Waals surface area contributed by atoms with Crippen molar-refractivity contribution in [1.29, 1.82) is 0 Å². The first-order chi connectivity index (χ1) is 17.2. The zero-order valence-electron chi connectivity index (χ0n) is 21.1. The lowest BCUT2D eigenvalue weighted by atomic mass is 9.70. The predicted molar refractivity (Wildman–Crippen MR) is 140 cm³/mol. The molecule has 1 aromatic heterocycles. The summed E-state index contributed by atoms with van der Waals surface area (Å²) in [4.78, 5) is 5.19. The van der Waals surface area contributed by atoms with Gasteiger partial charge in [0.05, 0.1) is 7.11 Å². The van der Waals surface area contributed by atoms with E-state index in [-0.39, 0.29) is 0 Å². The highest BCUT2D eigenvalue weighted by molar-refractivity contribution is 5.58. The minimum atomic E-state index is 0.735. The number of hydrogen-bond donors (Lipinski definition) is 0. The molecule has 6 heteroatoms. The van der Waals surface area contributed by atoms with Crippen LogP contribution in [-0.2, 0) is 13.0 Å². The average molecular weight is 472 g/mol. The predicted octanol–water partition coefficient (Wildman–Crippen LogP) is 4.91. The minimum absolute atomic E-state index is 0.735. The number of aryl methyl sites for hydroxylation is 1. The van der Waals surface area contributed by atoms with Crippen LogP contribution in [0.5, 0.6) is 5.75 Å². The quantitative estimate of drug-likeness (QED) is 0.511. The monoisotopic (exact) mass is 471 g/mol. The van der Waals surface area contributed by atoms with Gasteiger partial charge in [-0.15, -0.1) is 10.2 Å². The average Bonchev–Trinajstić information content (AvgIpc) is 3.49. The van der Waals surface area contributed by atoms with E-state index in [9.17, 15) is 0 Å². The van der Waals surface area contributed by atoms with Crippen molar-refractivity contribution in [1.82, 2.24) is 19.7 Å². The van der Waals surface area contributed by atoms with Crippen LogP contribution in [0, 0.1) is 12.8 Å². The zero-order chi connectivity index (χ0) is 23.8. The molecular formula is C29H37N5O. The number of fused-ring (bicyclic) bond motifs is 1. The highest BCUT2D eigenvalue weighted by Crippen LogP contribution is 2.44. The summed E-state index contributed by atoms with van der Waals surface area (Å²) in [6.07, 6.45) is 6.27. The normalized spacial score (nSPS) is 22.5. The number of benzene rings is 2. The van der Waals surface area contributed by atoms with Crippen LogP contribution in [0.3, 0.4) is 0 Å². The Hall–Kier alpha value is -2.86. The Morgan fingerprint density at radius 1 is 0.943 bits per heavy atom. The molecule has 1 aliphatic carbocycles. The molecule has 6 rings (SSSR count). The van der Waals surface area contributed by atoms with Crippen molar-refractivity contribution in [2.45, 2.75) is 51.5 Å². The van der Waals surface area contributed by atoms with E-state index in [0.29, 0.717) is 0 Å². The molecule has 2 fully saturated rings. The first kappa shape index (κ1) is 22.6. The Bertz CT molecular complexity index is 1180. The molecule has 0 bridgehead atoms. The van der Waals surface area contributed by atoms with E-state index >= 15 is 0 Å². The van der Waals surface area contributed by atoms with E-state index in [1.165, 1.54) is 56.6 Å². The summed E-state index contributed by atoms with van der Waals surface area (Å²) >= 11 is 0. The summed E-state index contributed by atoms with van der Waals surface area (Å²) in [6, 6.07) is 15.4. The number of nitrogens with zero attached hydrogens (tertiary/aromatic N) is 5. The van der Waals surface area contributed by atoms with Crippen LogP contribution in [0.25, 0.3) is 11.4 Å². The number of anilines is 1. The van der Waals surface area contributed by atoms with Crippen molar-refractivity contribution in [2.75, 3.05) is 44.7 Å². The van der Waals surface area contributed by atoms with Gasteiger partial charge < -0.3 is 19.1 Å². The molecule has 1 saturated carbocycles. The van der Waals surface area contributed by atoms with E-state index < -0.39 is 0 Å². The van der Waals surface area contributed by atoms with Crippen molar-refractivity contribution in [2.24, 2.45) is 5.92 Å². The van der Waals surface area contributed by atoms with Gasteiger partial charge in [0.1, 0.15) is 11.6 Å². The fraction of sp³-hybridized carbons (Fsp3) is 0.517. The maximum absolute atomic E-state index is 5.41. The maximum Gasteiger partial charge on any atom is 0.164 e.